The van der Waals surface area contributed by atoms with Crippen molar-refractivity contribution in [3.8, 4) is 17.8 Å². The molecule has 1 aliphatic carbocycles. The molecule has 0 amide bonds. The van der Waals surface area contributed by atoms with E-state index in [1.165, 1.54) is 12.4 Å². The van der Waals surface area contributed by atoms with Gasteiger partial charge in [-0.3, -0.25) is 4.98 Å². The molecule has 14 heteroatoms. The highest BCUT2D eigenvalue weighted by Gasteiger charge is 2.66. The quantitative estimate of drug-likeness (QED) is 0.207. The first-order valence-electron chi connectivity index (χ1n) is 14.6. The van der Waals surface area contributed by atoms with E-state index < -0.39 is 17.8 Å². The van der Waals surface area contributed by atoms with Crippen LogP contribution in [-0.4, -0.2) is 47.7 Å². The Morgan fingerprint density at radius 1 is 1.09 bits per heavy atom. The van der Waals surface area contributed by atoms with Crippen molar-refractivity contribution in [3.63, 3.8) is 0 Å². The van der Waals surface area contributed by atoms with Crippen molar-refractivity contribution in [2.45, 2.75) is 58.3 Å². The van der Waals surface area contributed by atoms with Gasteiger partial charge in [-0.2, -0.15) is 23.7 Å². The van der Waals surface area contributed by atoms with E-state index in [4.69, 9.17) is 0 Å². The van der Waals surface area contributed by atoms with Crippen LogP contribution in [0, 0.1) is 35.0 Å². The summed E-state index contributed by atoms with van der Waals surface area (Å²) in [6.07, 6.45) is 1.38. The molecule has 0 spiro atoms. The first kappa shape index (κ1) is 30.5. The van der Waals surface area contributed by atoms with Crippen LogP contribution in [0.2, 0.25) is 0 Å². The fourth-order valence-corrected chi connectivity index (χ4v) is 5.49. The Bertz CT molecular complexity index is 2000. The molecule has 0 bridgehead atoms. The maximum Gasteiger partial charge on any atom is 0.413 e. The van der Waals surface area contributed by atoms with Crippen molar-refractivity contribution in [2.75, 3.05) is 17.2 Å². The van der Waals surface area contributed by atoms with Crippen LogP contribution in [0.3, 0.4) is 0 Å². The fraction of sp³-hybridized carbons (Fsp3) is 0.344. The van der Waals surface area contributed by atoms with E-state index in [1.807, 2.05) is 25.1 Å². The molecule has 234 valence electrons. The van der Waals surface area contributed by atoms with E-state index in [1.54, 1.807) is 29.2 Å². The predicted octanol–water partition coefficient (Wildman–Crippen LogP) is 6.17. The van der Waals surface area contributed by atoms with Gasteiger partial charge in [-0.25, -0.2) is 9.36 Å². The minimum Gasteiger partial charge on any atom is -0.383 e. The van der Waals surface area contributed by atoms with Crippen LogP contribution in [0.5, 0.6) is 0 Å². The summed E-state index contributed by atoms with van der Waals surface area (Å²) in [6.45, 7) is 8.59. The summed E-state index contributed by atoms with van der Waals surface area (Å²) in [7, 11) is 0. The molecule has 0 radical (unpaired) electrons. The summed E-state index contributed by atoms with van der Waals surface area (Å²) in [5.41, 5.74) is 2.25. The minimum absolute atomic E-state index is 0.0808. The average Bonchev–Trinajstić information content (AvgIpc) is 3.41. The van der Waals surface area contributed by atoms with Gasteiger partial charge < -0.3 is 10.6 Å². The Kier molecular flexibility index (Phi) is 7.39. The number of aromatic nitrogens is 7. The van der Waals surface area contributed by atoms with E-state index in [9.17, 15) is 23.7 Å². The number of fused-ring (bicyclic) bond motifs is 1. The summed E-state index contributed by atoms with van der Waals surface area (Å²) >= 11 is 0. The van der Waals surface area contributed by atoms with Gasteiger partial charge in [-0.15, -0.1) is 10.2 Å². The molecule has 5 aromatic rings. The number of nitriles is 2. The summed E-state index contributed by atoms with van der Waals surface area (Å²) in [5, 5.41) is 43.5. The topological polar surface area (TPSA) is 146 Å². The molecule has 1 fully saturated rings. The molecule has 1 saturated carbocycles. The molecule has 11 nitrogen and oxygen atoms in total. The highest BCUT2D eigenvalue weighted by molar-refractivity contribution is 6.01. The molecular formula is C32H30F3N11. The number of benzene rings is 2. The second kappa shape index (κ2) is 11.1. The fourth-order valence-electron chi connectivity index (χ4n) is 5.49. The molecule has 0 aliphatic heterocycles. The Morgan fingerprint density at radius 3 is 2.50 bits per heavy atom. The SMILES string of the molecule is Cc1c([C@H](Nc2cc(C#N)cc3c(NCC(C)(C)C)c(C#N)cnc23)c2cn(C3(C(F)(F)F)CC3)nn2)cccc1-n1ccnn1. The predicted molar refractivity (Wildman–Crippen MR) is 164 cm³/mol. The van der Waals surface area contributed by atoms with Gasteiger partial charge >= 0.3 is 6.18 Å². The zero-order chi connectivity index (χ0) is 32.9. The van der Waals surface area contributed by atoms with Crippen LogP contribution < -0.4 is 10.6 Å². The number of nitrogens with zero attached hydrogens (tertiary/aromatic N) is 9. The molecule has 46 heavy (non-hydrogen) atoms. The van der Waals surface area contributed by atoms with Gasteiger partial charge in [0, 0.05) is 18.1 Å². The number of pyridine rings is 1. The summed E-state index contributed by atoms with van der Waals surface area (Å²) in [6, 6.07) is 12.4. The number of nitrogens with one attached hydrogen (secondary N) is 2. The summed E-state index contributed by atoms with van der Waals surface area (Å²) in [5.74, 6) is 0. The Balaban J connectivity index is 1.52. The van der Waals surface area contributed by atoms with Gasteiger partial charge in [0.1, 0.15) is 11.8 Å². The van der Waals surface area contributed by atoms with E-state index in [0.29, 0.717) is 51.2 Å². The van der Waals surface area contributed by atoms with Gasteiger partial charge in [-0.1, -0.05) is 43.3 Å². The van der Waals surface area contributed by atoms with Crippen molar-refractivity contribution in [3.05, 3.63) is 83.1 Å². The van der Waals surface area contributed by atoms with Crippen LogP contribution in [0.4, 0.5) is 24.5 Å². The third-order valence-electron chi connectivity index (χ3n) is 8.14. The van der Waals surface area contributed by atoms with Gasteiger partial charge in [0.15, 0.2) is 5.54 Å². The third-order valence-corrected chi connectivity index (χ3v) is 8.14. The lowest BCUT2D eigenvalue weighted by molar-refractivity contribution is -0.182. The summed E-state index contributed by atoms with van der Waals surface area (Å²) < 4.78 is 44.6. The van der Waals surface area contributed by atoms with Crippen molar-refractivity contribution < 1.29 is 13.2 Å². The first-order chi connectivity index (χ1) is 21.8. The molecule has 0 saturated heterocycles. The molecule has 3 aromatic heterocycles. The smallest absolute Gasteiger partial charge is 0.383 e. The molecule has 2 aromatic carbocycles. The highest BCUT2D eigenvalue weighted by atomic mass is 19.4. The van der Waals surface area contributed by atoms with Crippen LogP contribution in [0.1, 0.15) is 67.6 Å². The van der Waals surface area contributed by atoms with Gasteiger partial charge in [0.2, 0.25) is 0 Å². The Labute approximate surface area is 262 Å². The van der Waals surface area contributed by atoms with Crippen molar-refractivity contribution in [1.82, 2.24) is 35.0 Å². The normalized spacial score (nSPS) is 14.8. The molecular weight excluding hydrogens is 595 g/mol. The van der Waals surface area contributed by atoms with Crippen molar-refractivity contribution >= 4 is 22.3 Å². The monoisotopic (exact) mass is 625 g/mol. The molecule has 3 heterocycles. The number of halogens is 3. The van der Waals surface area contributed by atoms with Gasteiger partial charge in [0.05, 0.1) is 64.4 Å². The third kappa shape index (κ3) is 5.47. The number of anilines is 2. The maximum atomic E-state index is 14.0. The van der Waals surface area contributed by atoms with E-state index in [0.717, 1.165) is 10.2 Å². The van der Waals surface area contributed by atoms with E-state index in [-0.39, 0.29) is 24.0 Å². The average molecular weight is 626 g/mol. The van der Waals surface area contributed by atoms with Crippen molar-refractivity contribution in [1.29, 1.82) is 10.5 Å². The number of rotatable bonds is 8. The van der Waals surface area contributed by atoms with Crippen molar-refractivity contribution in [2.24, 2.45) is 5.41 Å². The number of hydrogen-bond donors (Lipinski definition) is 2. The number of hydrogen-bond acceptors (Lipinski definition) is 9. The van der Waals surface area contributed by atoms with Crippen LogP contribution in [0.15, 0.2) is 55.1 Å². The zero-order valence-electron chi connectivity index (χ0n) is 25.6. The van der Waals surface area contributed by atoms with E-state index >= 15 is 0 Å². The minimum atomic E-state index is -4.49. The van der Waals surface area contributed by atoms with Crippen LogP contribution in [0.25, 0.3) is 16.6 Å². The summed E-state index contributed by atoms with van der Waals surface area (Å²) in [4.78, 5) is 4.59. The standard InChI is InChI=1S/C32H30F3N11/c1-19-22(6-5-7-26(19)45-11-10-40-43-45)29(25-17-46(44-42-25)31(8-9-31)32(33,34)35)41-24-13-20(14-36)12-23-27(39-18-30(2,3)4)21(15-37)16-38-28(23)24/h5-7,10-13,16-17,29,41H,8-9,18H2,1-4H3,(H,38,39)/t29-/m0/s1. The highest BCUT2D eigenvalue weighted by Crippen LogP contribution is 2.55. The van der Waals surface area contributed by atoms with Crippen LogP contribution >= 0.6 is 0 Å². The zero-order valence-corrected chi connectivity index (χ0v) is 25.6. The largest absolute Gasteiger partial charge is 0.413 e. The lowest BCUT2D eigenvalue weighted by Crippen LogP contribution is -2.35. The lowest BCUT2D eigenvalue weighted by Gasteiger charge is -2.24. The van der Waals surface area contributed by atoms with Gasteiger partial charge in [0.25, 0.3) is 0 Å². The Hall–Kier alpha value is -5.50. The molecule has 0 unspecified atom stereocenters. The van der Waals surface area contributed by atoms with Crippen LogP contribution in [-0.2, 0) is 5.54 Å². The number of alkyl halides is 3. The van der Waals surface area contributed by atoms with E-state index in [2.05, 4.69) is 69.2 Å². The second-order valence-corrected chi connectivity index (χ2v) is 12.6. The molecule has 2 N–H and O–H groups in total. The molecule has 6 rings (SSSR count). The van der Waals surface area contributed by atoms with Gasteiger partial charge in [-0.05, 0) is 54.5 Å². The first-order valence-corrected chi connectivity index (χ1v) is 14.6. The second-order valence-electron chi connectivity index (χ2n) is 12.6. The maximum absolute atomic E-state index is 14.0. The lowest BCUT2D eigenvalue weighted by atomic mass is 9.95. The molecule has 1 atom stereocenters. The Morgan fingerprint density at radius 2 is 1.87 bits per heavy atom. The molecule has 1 aliphatic rings.